The topological polar surface area (TPSA) is 89.5 Å². The first-order valence-electron chi connectivity index (χ1n) is 8.63. The zero-order chi connectivity index (χ0) is 19.6. The molecule has 0 spiro atoms. The van der Waals surface area contributed by atoms with Gasteiger partial charge in [0.05, 0.1) is 10.5 Å². The van der Waals surface area contributed by atoms with Crippen LogP contribution in [-0.2, 0) is 19.4 Å². The molecule has 1 saturated carbocycles. The van der Waals surface area contributed by atoms with E-state index < -0.39 is 21.9 Å². The molecule has 0 heterocycles. The molecule has 0 aliphatic heterocycles. The Balaban J connectivity index is 1.89. The number of carbonyl (C=O) groups excluding carboxylic acids is 2. The molecule has 0 bridgehead atoms. The fourth-order valence-corrected chi connectivity index (χ4v) is 3.27. The molecule has 6 nitrogen and oxygen atoms in total. The Morgan fingerprint density at radius 2 is 1.78 bits per heavy atom. The Kier molecular flexibility index (Phi) is 5.32. The standard InChI is InChI=1S/C20H21NO5S/c1-13-8-11-16(27(2,24)25)12-17(13)20(23)26-18(14-6-4-3-5-7-14)19(22)21-15-9-10-15/h3-8,11-12,15,18H,9-10H2,1-2H3,(H,21,22)/t18-/m0/s1. The normalized spacial score (nSPS) is 15.0. The fourth-order valence-electron chi connectivity index (χ4n) is 2.63. The van der Waals surface area contributed by atoms with Crippen LogP contribution >= 0.6 is 0 Å². The Hall–Kier alpha value is -2.67. The number of ether oxygens (including phenoxy) is 1. The summed E-state index contributed by atoms with van der Waals surface area (Å²) in [5, 5.41) is 2.85. The van der Waals surface area contributed by atoms with E-state index in [-0.39, 0.29) is 22.4 Å². The quantitative estimate of drug-likeness (QED) is 0.770. The molecule has 0 saturated heterocycles. The third-order valence-corrected chi connectivity index (χ3v) is 5.46. The van der Waals surface area contributed by atoms with E-state index in [0.717, 1.165) is 19.1 Å². The molecule has 0 radical (unpaired) electrons. The number of nitrogens with one attached hydrogen (secondary N) is 1. The van der Waals surface area contributed by atoms with Gasteiger partial charge in [-0.2, -0.15) is 0 Å². The van der Waals surface area contributed by atoms with Gasteiger partial charge in [0, 0.05) is 17.9 Å². The van der Waals surface area contributed by atoms with Gasteiger partial charge in [-0.05, 0) is 37.5 Å². The second-order valence-electron chi connectivity index (χ2n) is 6.73. The Morgan fingerprint density at radius 1 is 1.11 bits per heavy atom. The molecule has 2 aromatic carbocycles. The number of sulfone groups is 1. The molecule has 2 aromatic rings. The zero-order valence-electron chi connectivity index (χ0n) is 15.1. The van der Waals surface area contributed by atoms with Crippen molar-refractivity contribution < 1.29 is 22.7 Å². The third kappa shape index (κ3) is 4.74. The maximum Gasteiger partial charge on any atom is 0.339 e. The highest BCUT2D eigenvalue weighted by Gasteiger charge is 2.31. The average molecular weight is 387 g/mol. The molecule has 1 amide bonds. The second kappa shape index (κ2) is 7.52. The van der Waals surface area contributed by atoms with Gasteiger partial charge in [0.25, 0.3) is 5.91 Å². The van der Waals surface area contributed by atoms with Crippen LogP contribution in [0.25, 0.3) is 0 Å². The van der Waals surface area contributed by atoms with Crippen LogP contribution in [0.4, 0.5) is 0 Å². The summed E-state index contributed by atoms with van der Waals surface area (Å²) in [6, 6.07) is 13.2. The van der Waals surface area contributed by atoms with Crippen LogP contribution in [0.1, 0.15) is 40.4 Å². The van der Waals surface area contributed by atoms with E-state index in [4.69, 9.17) is 4.74 Å². The van der Waals surface area contributed by atoms with Crippen molar-refractivity contribution in [3.05, 3.63) is 65.2 Å². The molecular formula is C20H21NO5S. The van der Waals surface area contributed by atoms with Crippen LogP contribution in [0.15, 0.2) is 53.4 Å². The second-order valence-corrected chi connectivity index (χ2v) is 8.74. The summed E-state index contributed by atoms with van der Waals surface area (Å²) in [7, 11) is -3.47. The lowest BCUT2D eigenvalue weighted by molar-refractivity contribution is -0.130. The minimum Gasteiger partial charge on any atom is -0.444 e. The van der Waals surface area contributed by atoms with E-state index in [2.05, 4.69) is 5.32 Å². The summed E-state index contributed by atoms with van der Waals surface area (Å²) in [5.74, 6) is -1.12. The van der Waals surface area contributed by atoms with Crippen molar-refractivity contribution in [1.29, 1.82) is 0 Å². The number of hydrogen-bond donors (Lipinski definition) is 1. The Morgan fingerprint density at radius 3 is 2.37 bits per heavy atom. The number of hydrogen-bond acceptors (Lipinski definition) is 5. The van der Waals surface area contributed by atoms with Crippen LogP contribution in [0.5, 0.6) is 0 Å². The molecule has 0 aromatic heterocycles. The highest BCUT2D eigenvalue weighted by atomic mass is 32.2. The van der Waals surface area contributed by atoms with Crippen molar-refractivity contribution in [2.45, 2.75) is 36.8 Å². The average Bonchev–Trinajstić information content (AvgIpc) is 3.43. The molecule has 7 heteroatoms. The summed E-state index contributed by atoms with van der Waals surface area (Å²) < 4.78 is 29.1. The van der Waals surface area contributed by atoms with E-state index in [9.17, 15) is 18.0 Å². The molecule has 0 unspecified atom stereocenters. The fraction of sp³-hybridized carbons (Fsp3) is 0.300. The van der Waals surface area contributed by atoms with Crippen molar-refractivity contribution in [1.82, 2.24) is 5.32 Å². The van der Waals surface area contributed by atoms with Gasteiger partial charge in [-0.1, -0.05) is 36.4 Å². The van der Waals surface area contributed by atoms with Crippen LogP contribution in [0.2, 0.25) is 0 Å². The van der Waals surface area contributed by atoms with Gasteiger partial charge < -0.3 is 10.1 Å². The molecule has 142 valence electrons. The summed E-state index contributed by atoms with van der Waals surface area (Å²) in [6.45, 7) is 1.68. The van der Waals surface area contributed by atoms with E-state index >= 15 is 0 Å². The van der Waals surface area contributed by atoms with Crippen LogP contribution in [-0.4, -0.2) is 32.6 Å². The van der Waals surface area contributed by atoms with Gasteiger partial charge in [-0.15, -0.1) is 0 Å². The number of benzene rings is 2. The van der Waals surface area contributed by atoms with Crippen molar-refractivity contribution >= 4 is 21.7 Å². The van der Waals surface area contributed by atoms with E-state index in [1.54, 1.807) is 43.3 Å². The first-order valence-corrected chi connectivity index (χ1v) is 10.5. The molecule has 3 rings (SSSR count). The van der Waals surface area contributed by atoms with Crippen LogP contribution in [0, 0.1) is 6.92 Å². The predicted molar refractivity (Wildman–Crippen MR) is 100 cm³/mol. The predicted octanol–water partition coefficient (Wildman–Crippen LogP) is 2.58. The number of aryl methyl sites for hydroxylation is 1. The van der Waals surface area contributed by atoms with Gasteiger partial charge in [0.15, 0.2) is 9.84 Å². The van der Waals surface area contributed by atoms with E-state index in [1.165, 1.54) is 12.1 Å². The monoisotopic (exact) mass is 387 g/mol. The summed E-state index contributed by atoms with van der Waals surface area (Å²) >= 11 is 0. The molecule has 1 fully saturated rings. The van der Waals surface area contributed by atoms with Crippen molar-refractivity contribution in [2.24, 2.45) is 0 Å². The van der Waals surface area contributed by atoms with Crippen molar-refractivity contribution in [3.8, 4) is 0 Å². The van der Waals surface area contributed by atoms with Crippen molar-refractivity contribution in [2.75, 3.05) is 6.26 Å². The highest BCUT2D eigenvalue weighted by molar-refractivity contribution is 7.90. The Bertz CT molecular complexity index is 965. The molecule has 1 N–H and O–H groups in total. The molecule has 1 aliphatic carbocycles. The minimum absolute atomic E-state index is 0.0266. The number of esters is 1. The summed E-state index contributed by atoms with van der Waals surface area (Å²) in [6.07, 6.45) is 1.80. The van der Waals surface area contributed by atoms with Crippen molar-refractivity contribution in [3.63, 3.8) is 0 Å². The van der Waals surface area contributed by atoms with Gasteiger partial charge in [-0.3, -0.25) is 4.79 Å². The molecular weight excluding hydrogens is 366 g/mol. The smallest absolute Gasteiger partial charge is 0.339 e. The zero-order valence-corrected chi connectivity index (χ0v) is 16.0. The lowest BCUT2D eigenvalue weighted by Gasteiger charge is -2.19. The van der Waals surface area contributed by atoms with E-state index in [0.29, 0.717) is 11.1 Å². The lowest BCUT2D eigenvalue weighted by Crippen LogP contribution is -2.33. The molecule has 1 atom stereocenters. The van der Waals surface area contributed by atoms with E-state index in [1.807, 2.05) is 0 Å². The first kappa shape index (κ1) is 19.1. The number of carbonyl (C=O) groups is 2. The largest absolute Gasteiger partial charge is 0.444 e. The van der Waals surface area contributed by atoms with Gasteiger partial charge in [0.1, 0.15) is 0 Å². The van der Waals surface area contributed by atoms with Gasteiger partial charge in [-0.25, -0.2) is 13.2 Å². The molecule has 27 heavy (non-hydrogen) atoms. The van der Waals surface area contributed by atoms with Gasteiger partial charge >= 0.3 is 5.97 Å². The number of amides is 1. The minimum atomic E-state index is -3.47. The summed E-state index contributed by atoms with van der Waals surface area (Å²) in [5.41, 5.74) is 1.25. The SMILES string of the molecule is Cc1ccc(S(C)(=O)=O)cc1C(=O)O[C@H](C(=O)NC1CC1)c1ccccc1. The molecule has 1 aliphatic rings. The lowest BCUT2D eigenvalue weighted by atomic mass is 10.1. The number of rotatable bonds is 6. The van der Waals surface area contributed by atoms with Crippen LogP contribution in [0.3, 0.4) is 0 Å². The highest BCUT2D eigenvalue weighted by Crippen LogP contribution is 2.25. The van der Waals surface area contributed by atoms with Crippen LogP contribution < -0.4 is 5.32 Å². The summed E-state index contributed by atoms with van der Waals surface area (Å²) in [4.78, 5) is 25.4. The first-order chi connectivity index (χ1) is 12.8. The maximum absolute atomic E-state index is 12.7. The Labute approximate surface area is 158 Å². The maximum atomic E-state index is 12.7. The third-order valence-electron chi connectivity index (χ3n) is 4.35. The van der Waals surface area contributed by atoms with Gasteiger partial charge in [0.2, 0.25) is 6.10 Å².